The third kappa shape index (κ3) is 10.3. The largest absolute Gasteiger partial charge is 0.573 e. The SMILES string of the molecule is CCCCCc1ccc(C#CC2CCC(C(O)OC3CCC(C(F)(F)Oc4ccc(OC(F)(F)F)c(F)c4)CC3)CC2)cc1. The molecule has 4 rings (SSSR count). The lowest BCUT2D eigenvalue weighted by atomic mass is 9.81. The first-order chi connectivity index (χ1) is 20.9. The maximum atomic E-state index is 14.8. The van der Waals surface area contributed by atoms with Gasteiger partial charge in [-0.1, -0.05) is 43.7 Å². The molecule has 4 nitrogen and oxygen atoms in total. The average Bonchev–Trinajstić information content (AvgIpc) is 2.98. The Bertz CT molecular complexity index is 1240. The number of unbranched alkanes of at least 4 members (excludes halogenated alkanes) is 2. The number of hydrogen-bond donors (Lipinski definition) is 1. The zero-order chi connectivity index (χ0) is 31.7. The highest BCUT2D eigenvalue weighted by atomic mass is 19.4. The van der Waals surface area contributed by atoms with E-state index in [1.54, 1.807) is 0 Å². The Hall–Kier alpha value is -2.90. The topological polar surface area (TPSA) is 47.9 Å². The molecule has 2 aromatic carbocycles. The predicted octanol–water partition coefficient (Wildman–Crippen LogP) is 9.18. The summed E-state index contributed by atoms with van der Waals surface area (Å²) in [6.45, 7) is 2.20. The van der Waals surface area contributed by atoms with Crippen molar-refractivity contribution in [3.05, 3.63) is 59.4 Å². The Balaban J connectivity index is 1.18. The fourth-order valence-corrected chi connectivity index (χ4v) is 5.90. The van der Waals surface area contributed by atoms with E-state index in [9.17, 15) is 31.4 Å². The number of hydrogen-bond acceptors (Lipinski definition) is 4. The Morgan fingerprint density at radius 1 is 0.864 bits per heavy atom. The lowest BCUT2D eigenvalue weighted by Crippen LogP contribution is -2.40. The first-order valence-corrected chi connectivity index (χ1v) is 15.5. The number of aryl methyl sites for hydroxylation is 1. The number of benzene rings is 2. The third-order valence-corrected chi connectivity index (χ3v) is 8.48. The average molecular weight is 627 g/mol. The number of aliphatic hydroxyl groups is 1. The quantitative estimate of drug-likeness (QED) is 0.117. The van der Waals surface area contributed by atoms with Gasteiger partial charge in [0.2, 0.25) is 0 Å². The number of halogens is 6. The van der Waals surface area contributed by atoms with Crippen LogP contribution in [0.4, 0.5) is 26.3 Å². The van der Waals surface area contributed by atoms with Gasteiger partial charge in [-0.25, -0.2) is 4.39 Å². The molecular weight excluding hydrogens is 586 g/mol. The number of aliphatic hydroxyl groups excluding tert-OH is 1. The second-order valence-electron chi connectivity index (χ2n) is 11.8. The zero-order valence-electron chi connectivity index (χ0n) is 24.9. The van der Waals surface area contributed by atoms with Gasteiger partial charge in [-0.3, -0.25) is 0 Å². The fraction of sp³-hybridized carbons (Fsp3) is 0.588. The first kappa shape index (κ1) is 34.0. The molecule has 0 heterocycles. The summed E-state index contributed by atoms with van der Waals surface area (Å²) in [5.41, 5.74) is 2.33. The number of ether oxygens (including phenoxy) is 3. The molecule has 2 aliphatic carbocycles. The third-order valence-electron chi connectivity index (χ3n) is 8.48. The van der Waals surface area contributed by atoms with Crippen LogP contribution < -0.4 is 9.47 Å². The van der Waals surface area contributed by atoms with Gasteiger partial charge in [0, 0.05) is 23.5 Å². The van der Waals surface area contributed by atoms with Crippen LogP contribution in [0.1, 0.15) is 88.7 Å². The summed E-state index contributed by atoms with van der Waals surface area (Å²) in [6.07, 6.45) is -1.52. The second-order valence-corrected chi connectivity index (χ2v) is 11.8. The molecule has 242 valence electrons. The molecule has 0 saturated heterocycles. The summed E-state index contributed by atoms with van der Waals surface area (Å²) in [5, 5.41) is 10.7. The van der Waals surface area contributed by atoms with Crippen LogP contribution in [0.3, 0.4) is 0 Å². The summed E-state index contributed by atoms with van der Waals surface area (Å²) in [6, 6.07) is 10.3. The zero-order valence-corrected chi connectivity index (χ0v) is 24.9. The van der Waals surface area contributed by atoms with Gasteiger partial charge in [0.05, 0.1) is 12.0 Å². The maximum absolute atomic E-state index is 14.8. The smallest absolute Gasteiger partial charge is 0.432 e. The van der Waals surface area contributed by atoms with Crippen molar-refractivity contribution in [2.24, 2.45) is 17.8 Å². The minimum Gasteiger partial charge on any atom is -0.432 e. The molecule has 1 unspecified atom stereocenters. The molecule has 44 heavy (non-hydrogen) atoms. The van der Waals surface area contributed by atoms with E-state index in [4.69, 9.17) is 4.74 Å². The summed E-state index contributed by atoms with van der Waals surface area (Å²) in [4.78, 5) is 0. The molecule has 2 aliphatic rings. The van der Waals surface area contributed by atoms with E-state index in [2.05, 4.69) is 52.5 Å². The highest BCUT2D eigenvalue weighted by Gasteiger charge is 2.45. The van der Waals surface area contributed by atoms with Crippen LogP contribution in [0.25, 0.3) is 0 Å². The second kappa shape index (κ2) is 15.4. The minimum atomic E-state index is -5.11. The van der Waals surface area contributed by atoms with Crippen molar-refractivity contribution in [3.8, 4) is 23.3 Å². The lowest BCUT2D eigenvalue weighted by molar-refractivity contribution is -0.275. The molecule has 0 spiro atoms. The Morgan fingerprint density at radius 2 is 1.55 bits per heavy atom. The van der Waals surface area contributed by atoms with E-state index in [1.165, 1.54) is 24.8 Å². The van der Waals surface area contributed by atoms with Crippen molar-refractivity contribution in [2.75, 3.05) is 0 Å². The normalized spacial score (nSPS) is 23.4. The van der Waals surface area contributed by atoms with Crippen LogP contribution in [0, 0.1) is 35.4 Å². The summed E-state index contributed by atoms with van der Waals surface area (Å²) >= 11 is 0. The summed E-state index contributed by atoms with van der Waals surface area (Å²) in [7, 11) is 0. The van der Waals surface area contributed by atoms with E-state index in [0.29, 0.717) is 12.1 Å². The van der Waals surface area contributed by atoms with Crippen molar-refractivity contribution in [1.82, 2.24) is 0 Å². The summed E-state index contributed by atoms with van der Waals surface area (Å²) < 4.78 is 94.5. The van der Waals surface area contributed by atoms with Gasteiger partial charge in [-0.15, -0.1) is 13.2 Å². The molecule has 0 aliphatic heterocycles. The highest BCUT2D eigenvalue weighted by molar-refractivity contribution is 5.37. The maximum Gasteiger partial charge on any atom is 0.573 e. The lowest BCUT2D eigenvalue weighted by Gasteiger charge is -2.36. The van der Waals surface area contributed by atoms with Crippen LogP contribution in [0.2, 0.25) is 0 Å². The van der Waals surface area contributed by atoms with Crippen molar-refractivity contribution >= 4 is 0 Å². The van der Waals surface area contributed by atoms with Crippen LogP contribution in [-0.4, -0.2) is 30.0 Å². The van der Waals surface area contributed by atoms with Crippen molar-refractivity contribution in [2.45, 2.75) is 109 Å². The highest BCUT2D eigenvalue weighted by Crippen LogP contribution is 2.41. The van der Waals surface area contributed by atoms with Crippen LogP contribution in [0.15, 0.2) is 42.5 Å². The molecule has 1 atom stereocenters. The molecule has 10 heteroatoms. The van der Waals surface area contributed by atoms with E-state index in [-0.39, 0.29) is 43.6 Å². The van der Waals surface area contributed by atoms with Crippen LogP contribution >= 0.6 is 0 Å². The van der Waals surface area contributed by atoms with Gasteiger partial charge in [0.1, 0.15) is 5.75 Å². The molecule has 2 saturated carbocycles. The van der Waals surface area contributed by atoms with E-state index < -0.39 is 42.0 Å². The van der Waals surface area contributed by atoms with Crippen LogP contribution in [-0.2, 0) is 11.2 Å². The first-order valence-electron chi connectivity index (χ1n) is 15.5. The molecule has 0 amide bonds. The number of rotatable bonds is 11. The Kier molecular flexibility index (Phi) is 11.9. The molecule has 0 radical (unpaired) electrons. The predicted molar refractivity (Wildman–Crippen MR) is 153 cm³/mol. The Labute approximate surface area is 255 Å². The van der Waals surface area contributed by atoms with Gasteiger partial charge in [-0.2, -0.15) is 8.78 Å². The monoisotopic (exact) mass is 626 g/mol. The van der Waals surface area contributed by atoms with Gasteiger partial charge in [0.25, 0.3) is 0 Å². The number of alkyl halides is 5. The molecule has 0 bridgehead atoms. The van der Waals surface area contributed by atoms with Gasteiger partial charge < -0.3 is 19.3 Å². The van der Waals surface area contributed by atoms with E-state index in [1.807, 2.05) is 0 Å². The fourth-order valence-electron chi connectivity index (χ4n) is 5.90. The van der Waals surface area contributed by atoms with Crippen molar-refractivity contribution in [1.29, 1.82) is 0 Å². The van der Waals surface area contributed by atoms with Gasteiger partial charge >= 0.3 is 12.5 Å². The van der Waals surface area contributed by atoms with E-state index in [0.717, 1.165) is 43.7 Å². The summed E-state index contributed by atoms with van der Waals surface area (Å²) in [5.74, 6) is 2.46. The standard InChI is InChI=1S/C34H40F6O4/c1-2-3-4-5-23-6-8-24(9-7-23)10-11-25-12-14-26(15-13-25)32(41)42-28-18-16-27(17-19-28)33(36,37)43-29-20-21-31(30(35)22-29)44-34(38,39)40/h6-9,20-22,25-28,32,41H,2-5,12-19H2,1H3. The Morgan fingerprint density at radius 3 is 2.16 bits per heavy atom. The van der Waals surface area contributed by atoms with Gasteiger partial charge in [-0.05, 0) is 94.0 Å². The molecule has 2 aromatic rings. The molecule has 0 aromatic heterocycles. The molecule has 1 N–H and O–H groups in total. The van der Waals surface area contributed by atoms with Gasteiger partial charge in [0.15, 0.2) is 17.9 Å². The van der Waals surface area contributed by atoms with Crippen LogP contribution in [0.5, 0.6) is 11.5 Å². The molecule has 2 fully saturated rings. The minimum absolute atomic E-state index is 0.0443. The molecular formula is C34H40F6O4. The van der Waals surface area contributed by atoms with Crippen molar-refractivity contribution < 1.29 is 45.7 Å². The van der Waals surface area contributed by atoms with Crippen molar-refractivity contribution in [3.63, 3.8) is 0 Å². The van der Waals surface area contributed by atoms with E-state index >= 15 is 0 Å².